The number of rotatable bonds is 10. The van der Waals surface area contributed by atoms with Gasteiger partial charge in [0.05, 0.1) is 5.69 Å². The van der Waals surface area contributed by atoms with E-state index in [0.29, 0.717) is 0 Å². The van der Waals surface area contributed by atoms with Crippen LogP contribution in [0.4, 0.5) is 51.2 Å². The topological polar surface area (TPSA) is 9.72 Å². The minimum absolute atomic E-state index is 1.07. The second kappa shape index (κ2) is 14.7. The molecule has 8 rings (SSSR count). The maximum Gasteiger partial charge on any atom is 0.0560 e. The second-order valence-corrected chi connectivity index (χ2v) is 12.3. The molecule has 0 fully saturated rings. The van der Waals surface area contributed by atoms with Crippen LogP contribution >= 0.6 is 0 Å². The van der Waals surface area contributed by atoms with E-state index in [1.165, 1.54) is 0 Å². The van der Waals surface area contributed by atoms with Crippen LogP contribution in [0, 0.1) is 0 Å². The van der Waals surface area contributed by atoms with Crippen LogP contribution in [0.5, 0.6) is 0 Å². The minimum atomic E-state index is 1.07. The van der Waals surface area contributed by atoms with Gasteiger partial charge in [-0.3, -0.25) is 0 Å². The Labute approximate surface area is 300 Å². The summed E-state index contributed by atoms with van der Waals surface area (Å²) < 4.78 is 0. The van der Waals surface area contributed by atoms with Crippen LogP contribution in [-0.4, -0.2) is 0 Å². The van der Waals surface area contributed by atoms with Crippen LogP contribution in [0.2, 0.25) is 0 Å². The van der Waals surface area contributed by atoms with Crippen molar-refractivity contribution in [2.45, 2.75) is 0 Å². The van der Waals surface area contributed by atoms with E-state index in [4.69, 9.17) is 0 Å². The van der Waals surface area contributed by atoms with Gasteiger partial charge in [-0.15, -0.1) is 0 Å². The molecule has 0 amide bonds. The van der Waals surface area contributed by atoms with E-state index in [9.17, 15) is 0 Å². The van der Waals surface area contributed by atoms with E-state index < -0.39 is 0 Å². The molecule has 0 aromatic heterocycles. The zero-order valence-corrected chi connectivity index (χ0v) is 28.2. The molecule has 8 aromatic carbocycles. The first-order valence-electron chi connectivity index (χ1n) is 17.3. The van der Waals surface area contributed by atoms with Gasteiger partial charge in [0, 0.05) is 51.1 Å². The van der Waals surface area contributed by atoms with Gasteiger partial charge < -0.3 is 14.7 Å². The largest absolute Gasteiger partial charge is 0.311 e. The van der Waals surface area contributed by atoms with Gasteiger partial charge in [-0.2, -0.15) is 0 Å². The summed E-state index contributed by atoms with van der Waals surface area (Å²) in [5, 5.41) is 0. The fourth-order valence-electron chi connectivity index (χ4n) is 6.66. The lowest BCUT2D eigenvalue weighted by atomic mass is 9.99. The van der Waals surface area contributed by atoms with Crippen molar-refractivity contribution >= 4 is 51.2 Å². The predicted octanol–water partition coefficient (Wildman–Crippen LogP) is 13.8. The second-order valence-electron chi connectivity index (χ2n) is 12.3. The van der Waals surface area contributed by atoms with Crippen LogP contribution in [-0.2, 0) is 0 Å². The van der Waals surface area contributed by atoms with Gasteiger partial charge in [-0.05, 0) is 103 Å². The Morgan fingerprint density at radius 2 is 0.490 bits per heavy atom. The molecule has 0 aliphatic rings. The summed E-state index contributed by atoms with van der Waals surface area (Å²) in [6.07, 6.45) is 0. The summed E-state index contributed by atoms with van der Waals surface area (Å²) in [5.41, 5.74) is 12.1. The highest BCUT2D eigenvalue weighted by Crippen LogP contribution is 2.45. The Bertz CT molecular complexity index is 2160. The maximum atomic E-state index is 2.36. The van der Waals surface area contributed by atoms with E-state index in [0.717, 1.165) is 62.3 Å². The average Bonchev–Trinajstić information content (AvgIpc) is 3.21. The molecule has 0 spiro atoms. The third-order valence-electron chi connectivity index (χ3n) is 9.00. The predicted molar refractivity (Wildman–Crippen MR) is 216 cm³/mol. The molecule has 8 aromatic rings. The smallest absolute Gasteiger partial charge is 0.0560 e. The van der Waals surface area contributed by atoms with E-state index in [1.54, 1.807) is 0 Å². The molecule has 0 bridgehead atoms. The molecule has 0 atom stereocenters. The Balaban J connectivity index is 1.31. The first-order valence-corrected chi connectivity index (χ1v) is 17.3. The Kier molecular flexibility index (Phi) is 9.08. The highest BCUT2D eigenvalue weighted by atomic mass is 15.2. The van der Waals surface area contributed by atoms with Crippen molar-refractivity contribution in [2.24, 2.45) is 0 Å². The van der Waals surface area contributed by atoms with Crippen LogP contribution in [0.1, 0.15) is 0 Å². The fraction of sp³-hybridized carbons (Fsp3) is 0. The lowest BCUT2D eigenvalue weighted by Crippen LogP contribution is -2.14. The Morgan fingerprint density at radius 1 is 0.216 bits per heavy atom. The minimum Gasteiger partial charge on any atom is -0.311 e. The van der Waals surface area contributed by atoms with Gasteiger partial charge in [0.15, 0.2) is 0 Å². The van der Waals surface area contributed by atoms with Crippen molar-refractivity contribution in [1.29, 1.82) is 0 Å². The van der Waals surface area contributed by atoms with Gasteiger partial charge >= 0.3 is 0 Å². The molecule has 3 nitrogen and oxygen atoms in total. The SMILES string of the molecule is c1ccc(N(c2ccccc2)c2ccc(-c3ccc(N(c4ccccc4)c4ccccc4)cc3N(c3ccccc3)c3ccccc3)cc2)cc1. The van der Waals surface area contributed by atoms with Gasteiger partial charge in [0.1, 0.15) is 0 Å². The molecule has 0 saturated carbocycles. The number of anilines is 9. The van der Waals surface area contributed by atoms with Crippen LogP contribution in [0.25, 0.3) is 11.1 Å². The lowest BCUT2D eigenvalue weighted by Gasteiger charge is -2.31. The molecule has 51 heavy (non-hydrogen) atoms. The molecular formula is C48H37N3. The quantitative estimate of drug-likeness (QED) is 0.145. The third kappa shape index (κ3) is 6.74. The van der Waals surface area contributed by atoms with Crippen LogP contribution < -0.4 is 14.7 Å². The number of hydrogen-bond acceptors (Lipinski definition) is 3. The van der Waals surface area contributed by atoms with Gasteiger partial charge in [0.2, 0.25) is 0 Å². The highest BCUT2D eigenvalue weighted by molar-refractivity contribution is 5.92. The van der Waals surface area contributed by atoms with E-state index >= 15 is 0 Å². The normalized spacial score (nSPS) is 10.7. The van der Waals surface area contributed by atoms with Crippen molar-refractivity contribution in [3.63, 3.8) is 0 Å². The fourth-order valence-corrected chi connectivity index (χ4v) is 6.66. The molecule has 0 aliphatic heterocycles. The van der Waals surface area contributed by atoms with Crippen molar-refractivity contribution in [2.75, 3.05) is 14.7 Å². The Hall–Kier alpha value is -6.84. The van der Waals surface area contributed by atoms with Gasteiger partial charge in [-0.1, -0.05) is 127 Å². The number of para-hydroxylation sites is 6. The van der Waals surface area contributed by atoms with Crippen molar-refractivity contribution < 1.29 is 0 Å². The molecule has 0 saturated heterocycles. The van der Waals surface area contributed by atoms with Crippen molar-refractivity contribution in [3.05, 3.63) is 224 Å². The summed E-state index contributed by atoms with van der Waals surface area (Å²) in [6, 6.07) is 79.3. The zero-order chi connectivity index (χ0) is 34.2. The summed E-state index contributed by atoms with van der Waals surface area (Å²) in [5.74, 6) is 0. The highest BCUT2D eigenvalue weighted by Gasteiger charge is 2.21. The van der Waals surface area contributed by atoms with Crippen LogP contribution in [0.15, 0.2) is 224 Å². The number of nitrogens with zero attached hydrogens (tertiary/aromatic N) is 3. The monoisotopic (exact) mass is 655 g/mol. The molecule has 0 unspecified atom stereocenters. The molecule has 3 heteroatoms. The molecule has 0 radical (unpaired) electrons. The zero-order valence-electron chi connectivity index (χ0n) is 28.2. The lowest BCUT2D eigenvalue weighted by molar-refractivity contribution is 1.25. The standard InChI is InChI=1S/C48H37N3/c1-7-19-39(20-8-1)49(40-21-9-2-10-22-40)45-33-31-38(32-34-45)47-36-35-46(50(41-23-11-3-12-24-41)42-25-13-4-14-26-42)37-48(47)51(43-27-15-5-16-28-43)44-29-17-6-18-30-44/h1-37H. The summed E-state index contributed by atoms with van der Waals surface area (Å²) in [4.78, 5) is 6.98. The van der Waals surface area contributed by atoms with Crippen molar-refractivity contribution in [1.82, 2.24) is 0 Å². The maximum absolute atomic E-state index is 2.36. The number of hydrogen-bond donors (Lipinski definition) is 0. The van der Waals surface area contributed by atoms with Gasteiger partial charge in [0.25, 0.3) is 0 Å². The van der Waals surface area contributed by atoms with Crippen molar-refractivity contribution in [3.8, 4) is 11.1 Å². The number of benzene rings is 8. The molecule has 0 heterocycles. The van der Waals surface area contributed by atoms with Gasteiger partial charge in [-0.25, -0.2) is 0 Å². The third-order valence-corrected chi connectivity index (χ3v) is 9.00. The van der Waals surface area contributed by atoms with Crippen LogP contribution in [0.3, 0.4) is 0 Å². The Morgan fingerprint density at radius 3 is 0.843 bits per heavy atom. The average molecular weight is 656 g/mol. The molecular weight excluding hydrogens is 619 g/mol. The molecule has 0 N–H and O–H groups in total. The summed E-state index contributed by atoms with van der Waals surface area (Å²) in [7, 11) is 0. The van der Waals surface area contributed by atoms with E-state index in [2.05, 4.69) is 239 Å². The first kappa shape index (κ1) is 31.4. The molecule has 0 aliphatic carbocycles. The summed E-state index contributed by atoms with van der Waals surface area (Å²) >= 11 is 0. The first-order chi connectivity index (χ1) is 25.3. The van der Waals surface area contributed by atoms with E-state index in [1.807, 2.05) is 0 Å². The molecule has 244 valence electrons. The summed E-state index contributed by atoms with van der Waals surface area (Å²) in [6.45, 7) is 0. The van der Waals surface area contributed by atoms with E-state index in [-0.39, 0.29) is 0 Å².